The lowest BCUT2D eigenvalue weighted by Gasteiger charge is -2.13. The van der Waals surface area contributed by atoms with Crippen LogP contribution in [0.4, 0.5) is 0 Å². The van der Waals surface area contributed by atoms with E-state index in [1.165, 1.54) is 24.2 Å². The van der Waals surface area contributed by atoms with Crippen LogP contribution in [-0.4, -0.2) is 16.1 Å². The maximum Gasteiger partial charge on any atom is 0.109 e. The van der Waals surface area contributed by atoms with E-state index in [2.05, 4.69) is 52.5 Å². The zero-order chi connectivity index (χ0) is 14.5. The summed E-state index contributed by atoms with van der Waals surface area (Å²) in [7, 11) is 0. The summed E-state index contributed by atoms with van der Waals surface area (Å²) in [6.45, 7) is 6.20. The Morgan fingerprint density at radius 2 is 2.10 bits per heavy atom. The molecule has 0 radical (unpaired) electrons. The molecule has 0 spiro atoms. The first kappa shape index (κ1) is 15.5. The Morgan fingerprint density at radius 1 is 1.30 bits per heavy atom. The molecule has 110 valence electrons. The van der Waals surface area contributed by atoms with Crippen LogP contribution >= 0.6 is 15.9 Å². The van der Waals surface area contributed by atoms with Crippen molar-refractivity contribution in [3.8, 4) is 0 Å². The van der Waals surface area contributed by atoms with Crippen molar-refractivity contribution in [1.82, 2.24) is 9.55 Å². The molecule has 1 atom stereocenters. The van der Waals surface area contributed by atoms with Gasteiger partial charge in [-0.2, -0.15) is 0 Å². The van der Waals surface area contributed by atoms with Gasteiger partial charge >= 0.3 is 0 Å². The van der Waals surface area contributed by atoms with Crippen molar-refractivity contribution in [2.45, 2.75) is 46.1 Å². The van der Waals surface area contributed by atoms with E-state index in [9.17, 15) is 0 Å². The van der Waals surface area contributed by atoms with Gasteiger partial charge in [0.1, 0.15) is 5.82 Å². The Bertz CT molecular complexity index is 562. The monoisotopic (exact) mass is 337 g/mol. The Balaban J connectivity index is 2.20. The minimum absolute atomic E-state index is 0.719. The van der Waals surface area contributed by atoms with Crippen LogP contribution in [-0.2, 0) is 13.0 Å². The number of hydrogen-bond acceptors (Lipinski definition) is 2. The lowest BCUT2D eigenvalue weighted by molar-refractivity contribution is 0.435. The molecule has 3 nitrogen and oxygen atoms in total. The van der Waals surface area contributed by atoms with E-state index >= 15 is 0 Å². The van der Waals surface area contributed by atoms with Crippen molar-refractivity contribution in [2.75, 3.05) is 6.54 Å². The first-order chi connectivity index (χ1) is 9.69. The highest BCUT2D eigenvalue weighted by molar-refractivity contribution is 9.10. The maximum absolute atomic E-state index is 5.68. The molecule has 4 heteroatoms. The predicted molar refractivity (Wildman–Crippen MR) is 88.9 cm³/mol. The molecule has 0 amide bonds. The lowest BCUT2D eigenvalue weighted by atomic mass is 9.96. The van der Waals surface area contributed by atoms with E-state index in [0.29, 0.717) is 0 Å². The molecule has 0 fully saturated rings. The molecule has 0 saturated carbocycles. The van der Waals surface area contributed by atoms with Gasteiger partial charge in [-0.3, -0.25) is 0 Å². The van der Waals surface area contributed by atoms with Gasteiger partial charge in [-0.25, -0.2) is 4.98 Å². The minimum atomic E-state index is 0.719. The van der Waals surface area contributed by atoms with Gasteiger partial charge in [0.15, 0.2) is 0 Å². The number of benzene rings is 1. The van der Waals surface area contributed by atoms with Crippen LogP contribution in [0.1, 0.15) is 38.9 Å². The van der Waals surface area contributed by atoms with E-state index in [-0.39, 0.29) is 0 Å². The Hall–Kier alpha value is -0.870. The van der Waals surface area contributed by atoms with Crippen LogP contribution in [0.15, 0.2) is 22.7 Å². The van der Waals surface area contributed by atoms with Crippen LogP contribution in [0, 0.1) is 5.92 Å². The molecule has 1 unspecified atom stereocenters. The second-order valence-electron chi connectivity index (χ2n) is 5.30. The molecule has 0 saturated heterocycles. The summed E-state index contributed by atoms with van der Waals surface area (Å²) in [5.41, 5.74) is 8.00. The molecular weight excluding hydrogens is 314 g/mol. The van der Waals surface area contributed by atoms with Crippen molar-refractivity contribution in [2.24, 2.45) is 11.7 Å². The van der Waals surface area contributed by atoms with Gasteiger partial charge in [0.25, 0.3) is 0 Å². The topological polar surface area (TPSA) is 43.8 Å². The molecule has 1 aromatic heterocycles. The number of aryl methyl sites for hydroxylation is 2. The van der Waals surface area contributed by atoms with Crippen LogP contribution in [0.25, 0.3) is 11.0 Å². The number of fused-ring (bicyclic) bond motifs is 1. The van der Waals surface area contributed by atoms with E-state index in [4.69, 9.17) is 10.7 Å². The smallest absolute Gasteiger partial charge is 0.109 e. The second kappa shape index (κ2) is 7.23. The number of nitrogens with zero attached hydrogens (tertiary/aromatic N) is 2. The van der Waals surface area contributed by atoms with Crippen molar-refractivity contribution in [1.29, 1.82) is 0 Å². The van der Waals surface area contributed by atoms with Gasteiger partial charge < -0.3 is 10.3 Å². The molecule has 20 heavy (non-hydrogen) atoms. The zero-order valence-corrected chi connectivity index (χ0v) is 14.0. The van der Waals surface area contributed by atoms with Gasteiger partial charge in [-0.05, 0) is 50.4 Å². The molecular formula is C16H24BrN3. The maximum atomic E-state index is 5.68. The number of rotatable bonds is 7. The number of imidazole rings is 1. The van der Waals surface area contributed by atoms with Gasteiger partial charge in [-0.1, -0.05) is 29.3 Å². The SMILES string of the molecule is CCC(CCN)CCc1nc2cc(Br)ccc2n1CC. The highest BCUT2D eigenvalue weighted by Gasteiger charge is 2.12. The highest BCUT2D eigenvalue weighted by atomic mass is 79.9. The predicted octanol–water partition coefficient (Wildman–Crippen LogP) is 4.13. The van der Waals surface area contributed by atoms with Crippen molar-refractivity contribution >= 4 is 27.0 Å². The minimum Gasteiger partial charge on any atom is -0.330 e. The molecule has 0 aliphatic carbocycles. The summed E-state index contributed by atoms with van der Waals surface area (Å²) in [5, 5.41) is 0. The Morgan fingerprint density at radius 3 is 2.75 bits per heavy atom. The fraction of sp³-hybridized carbons (Fsp3) is 0.562. The molecule has 2 N–H and O–H groups in total. The second-order valence-corrected chi connectivity index (χ2v) is 6.21. The standard InChI is InChI=1S/C16H24BrN3/c1-3-12(9-10-18)5-8-16-19-14-11-13(17)6-7-15(14)20(16)4-2/h6-7,11-12H,3-5,8-10,18H2,1-2H3. The summed E-state index contributed by atoms with van der Waals surface area (Å²) in [6, 6.07) is 6.34. The van der Waals surface area contributed by atoms with Crippen molar-refractivity contribution in [3.05, 3.63) is 28.5 Å². The molecule has 1 heterocycles. The summed E-state index contributed by atoms with van der Waals surface area (Å²) < 4.78 is 3.42. The fourth-order valence-corrected chi connectivity index (χ4v) is 3.17. The Labute approximate surface area is 129 Å². The first-order valence-corrected chi connectivity index (χ1v) is 8.33. The first-order valence-electron chi connectivity index (χ1n) is 7.54. The Kier molecular flexibility index (Phi) is 5.61. The fourth-order valence-electron chi connectivity index (χ4n) is 2.82. The zero-order valence-electron chi connectivity index (χ0n) is 12.4. The third-order valence-corrected chi connectivity index (χ3v) is 4.53. The summed E-state index contributed by atoms with van der Waals surface area (Å²) in [6.07, 6.45) is 4.54. The third-order valence-electron chi connectivity index (χ3n) is 4.03. The van der Waals surface area contributed by atoms with Crippen molar-refractivity contribution in [3.63, 3.8) is 0 Å². The summed E-state index contributed by atoms with van der Waals surface area (Å²) in [5.74, 6) is 1.92. The van der Waals surface area contributed by atoms with Crippen LogP contribution in [0.5, 0.6) is 0 Å². The number of aromatic nitrogens is 2. The van der Waals surface area contributed by atoms with Crippen LogP contribution in [0.2, 0.25) is 0 Å². The largest absolute Gasteiger partial charge is 0.330 e. The molecule has 2 rings (SSSR count). The summed E-state index contributed by atoms with van der Waals surface area (Å²) in [4.78, 5) is 4.81. The van der Waals surface area contributed by atoms with E-state index in [0.717, 1.165) is 41.8 Å². The summed E-state index contributed by atoms with van der Waals surface area (Å²) >= 11 is 3.52. The van der Waals surface area contributed by atoms with E-state index in [1.54, 1.807) is 0 Å². The number of hydrogen-bond donors (Lipinski definition) is 1. The lowest BCUT2D eigenvalue weighted by Crippen LogP contribution is -2.10. The number of halogens is 1. The number of nitrogens with two attached hydrogens (primary N) is 1. The normalized spacial score (nSPS) is 13.0. The van der Waals surface area contributed by atoms with E-state index < -0.39 is 0 Å². The van der Waals surface area contributed by atoms with E-state index in [1.807, 2.05) is 0 Å². The quantitative estimate of drug-likeness (QED) is 0.825. The molecule has 1 aromatic carbocycles. The average Bonchev–Trinajstić information content (AvgIpc) is 2.79. The average molecular weight is 338 g/mol. The molecule has 0 aliphatic rings. The van der Waals surface area contributed by atoms with Crippen LogP contribution in [0.3, 0.4) is 0 Å². The van der Waals surface area contributed by atoms with Crippen molar-refractivity contribution < 1.29 is 0 Å². The van der Waals surface area contributed by atoms with Gasteiger partial charge in [-0.15, -0.1) is 0 Å². The highest BCUT2D eigenvalue weighted by Crippen LogP contribution is 2.23. The van der Waals surface area contributed by atoms with Gasteiger partial charge in [0.2, 0.25) is 0 Å². The van der Waals surface area contributed by atoms with Gasteiger partial charge in [0.05, 0.1) is 11.0 Å². The molecule has 0 aliphatic heterocycles. The molecule has 2 aromatic rings. The van der Waals surface area contributed by atoms with Crippen LogP contribution < -0.4 is 5.73 Å². The molecule has 0 bridgehead atoms. The third kappa shape index (κ3) is 3.41. The van der Waals surface area contributed by atoms with Gasteiger partial charge in [0, 0.05) is 17.4 Å².